The second-order valence-corrected chi connectivity index (χ2v) is 3.00. The fourth-order valence-electron chi connectivity index (χ4n) is 0. The van der Waals surface area contributed by atoms with Gasteiger partial charge in [-0.1, -0.05) is 0 Å². The van der Waals surface area contributed by atoms with Crippen LogP contribution in [-0.2, 0) is 12.1 Å². The van der Waals surface area contributed by atoms with Crippen LogP contribution in [0, 0.1) is 0 Å². The number of hydrogen-bond donors (Lipinski definition) is 0. The van der Waals surface area contributed by atoms with Gasteiger partial charge in [-0.25, -0.2) is 0 Å². The van der Waals surface area contributed by atoms with Crippen molar-refractivity contribution in [3.05, 3.63) is 0 Å². The fraction of sp³-hybridized carbons (Fsp3) is 0. The fourth-order valence-corrected chi connectivity index (χ4v) is 0. The van der Waals surface area contributed by atoms with E-state index < -0.39 is 7.95 Å². The average Bonchev–Trinajstić information content (AvgIpc) is 0.722. The SMILES string of the molecule is [Li+].[Li+].[Li+].[Li+].[O-][Si]([O-])([O-])[S-]. The van der Waals surface area contributed by atoms with Crippen LogP contribution in [-0.4, -0.2) is 7.95 Å². The zero-order valence-corrected chi connectivity index (χ0v) is 7.95. The minimum Gasteiger partial charge on any atom is -0.897 e. The van der Waals surface area contributed by atoms with Crippen molar-refractivity contribution in [2.24, 2.45) is 0 Å². The van der Waals surface area contributed by atoms with Crippen LogP contribution in [0.1, 0.15) is 0 Å². The maximum atomic E-state index is 8.95. The van der Waals surface area contributed by atoms with Crippen molar-refractivity contribution in [3.8, 4) is 0 Å². The monoisotopic (exact) mass is 136 g/mol. The Balaban J connectivity index is -0.0000000133. The summed E-state index contributed by atoms with van der Waals surface area (Å²) in [4.78, 5) is 26.8. The predicted molar refractivity (Wildman–Crippen MR) is 13.1 cm³/mol. The van der Waals surface area contributed by atoms with E-state index in [-0.39, 0.29) is 75.4 Å². The Bertz CT molecular complexity index is 31.3. The summed E-state index contributed by atoms with van der Waals surface area (Å²) in [5.41, 5.74) is 0. The molecule has 0 fully saturated rings. The molecule has 0 aromatic heterocycles. The molecule has 0 unspecified atom stereocenters. The number of rotatable bonds is 0. The van der Waals surface area contributed by atoms with E-state index in [4.69, 9.17) is 14.4 Å². The Hall–Kier alpha value is 2.84. The van der Waals surface area contributed by atoms with Gasteiger partial charge in [0, 0.05) is 0 Å². The van der Waals surface area contributed by atoms with Gasteiger partial charge in [0.05, 0.1) is 0 Å². The zero-order valence-electron chi connectivity index (χ0n) is 6.13. The first kappa shape index (κ1) is 29.7. The van der Waals surface area contributed by atoms with E-state index >= 15 is 0 Å². The minimum absolute atomic E-state index is 0. The summed E-state index contributed by atoms with van der Waals surface area (Å²) >= 11 is 3.30. The van der Waals surface area contributed by atoms with Crippen LogP contribution in [0.25, 0.3) is 0 Å². The molecule has 0 aromatic carbocycles. The molecular weight excluding hydrogens is 136 g/mol. The molecule has 0 heterocycles. The van der Waals surface area contributed by atoms with Gasteiger partial charge in [-0.15, -0.1) is 0 Å². The van der Waals surface area contributed by atoms with Crippen LogP contribution >= 0.6 is 0 Å². The molecule has 0 radical (unpaired) electrons. The summed E-state index contributed by atoms with van der Waals surface area (Å²) in [6.07, 6.45) is 0. The standard InChI is InChI=1S/4Li.O3SSi/c;;;;1-5(2,3)4/q4*+1;-4. The van der Waals surface area contributed by atoms with Gasteiger partial charge in [-0.2, -0.15) is 0 Å². The van der Waals surface area contributed by atoms with Crippen molar-refractivity contribution < 1.29 is 89.8 Å². The van der Waals surface area contributed by atoms with Crippen molar-refractivity contribution in [2.45, 2.75) is 0 Å². The molecule has 0 rings (SSSR count). The second kappa shape index (κ2) is 13.4. The van der Waals surface area contributed by atoms with Gasteiger partial charge in [0.15, 0.2) is 0 Å². The first-order valence-corrected chi connectivity index (χ1v) is 3.67. The van der Waals surface area contributed by atoms with Crippen LogP contribution in [0.3, 0.4) is 0 Å². The van der Waals surface area contributed by atoms with E-state index in [1.807, 2.05) is 0 Å². The van der Waals surface area contributed by atoms with Gasteiger partial charge < -0.3 is 34.4 Å². The molecule has 0 saturated heterocycles. The van der Waals surface area contributed by atoms with Crippen molar-refractivity contribution in [3.63, 3.8) is 0 Å². The first-order chi connectivity index (χ1) is 2.00. The topological polar surface area (TPSA) is 69.2 Å². The van der Waals surface area contributed by atoms with Gasteiger partial charge in [0.25, 0.3) is 0 Å². The Morgan fingerprint density at radius 2 is 0.778 bits per heavy atom. The molecule has 0 aliphatic carbocycles. The summed E-state index contributed by atoms with van der Waals surface area (Å²) < 4.78 is 0. The van der Waals surface area contributed by atoms with Gasteiger partial charge in [-0.3, -0.25) is 0 Å². The van der Waals surface area contributed by atoms with E-state index in [0.29, 0.717) is 0 Å². The minimum atomic E-state index is -4.78. The molecule has 0 saturated carbocycles. The molecule has 32 valence electrons. The Kier molecular flexibility index (Phi) is 44.4. The smallest absolute Gasteiger partial charge is 0.897 e. The zero-order chi connectivity index (χ0) is 4.50. The molecule has 9 heavy (non-hydrogen) atoms. The van der Waals surface area contributed by atoms with Crippen molar-refractivity contribution >= 4 is 20.0 Å². The van der Waals surface area contributed by atoms with Crippen LogP contribution < -0.4 is 89.8 Å². The van der Waals surface area contributed by atoms with Crippen molar-refractivity contribution in [1.82, 2.24) is 0 Å². The molecule has 0 aromatic rings. The molecule has 0 atom stereocenters. The van der Waals surface area contributed by atoms with E-state index in [1.54, 1.807) is 0 Å². The van der Waals surface area contributed by atoms with Crippen LogP contribution in [0.15, 0.2) is 0 Å². The average molecular weight is 136 g/mol. The third-order valence-electron chi connectivity index (χ3n) is 0. The summed E-state index contributed by atoms with van der Waals surface area (Å²) in [6, 6.07) is 0. The van der Waals surface area contributed by atoms with Gasteiger partial charge >= 0.3 is 75.4 Å². The number of hydrogen-bond acceptors (Lipinski definition) is 4. The van der Waals surface area contributed by atoms with Crippen LogP contribution in [0.4, 0.5) is 0 Å². The molecule has 0 bridgehead atoms. The summed E-state index contributed by atoms with van der Waals surface area (Å²) in [7, 11) is -4.78. The van der Waals surface area contributed by atoms with E-state index in [2.05, 4.69) is 12.1 Å². The maximum Gasteiger partial charge on any atom is 1.00 e. The summed E-state index contributed by atoms with van der Waals surface area (Å²) in [5, 5.41) is 0. The molecule has 0 aliphatic heterocycles. The third kappa shape index (κ3) is 105. The van der Waals surface area contributed by atoms with Crippen LogP contribution in [0.5, 0.6) is 0 Å². The molecule has 0 N–H and O–H groups in total. The van der Waals surface area contributed by atoms with E-state index in [9.17, 15) is 0 Å². The largest absolute Gasteiger partial charge is 1.00 e. The van der Waals surface area contributed by atoms with Gasteiger partial charge in [0.2, 0.25) is 0 Å². The molecular formula is Li4O3SSi. The molecule has 0 aliphatic rings. The normalized spacial score (nSPS) is 6.67. The molecule has 0 spiro atoms. The van der Waals surface area contributed by atoms with E-state index in [0.717, 1.165) is 0 Å². The molecule has 9 heteroatoms. The van der Waals surface area contributed by atoms with E-state index in [1.165, 1.54) is 0 Å². The van der Waals surface area contributed by atoms with Gasteiger partial charge in [0.1, 0.15) is 0 Å². The Morgan fingerprint density at radius 1 is 0.778 bits per heavy atom. The predicted octanol–water partition coefficient (Wildman–Crippen LogP) is -15.9. The summed E-state index contributed by atoms with van der Waals surface area (Å²) in [5.74, 6) is 0. The van der Waals surface area contributed by atoms with Crippen molar-refractivity contribution in [1.29, 1.82) is 0 Å². The molecule has 3 nitrogen and oxygen atoms in total. The Labute approximate surface area is 108 Å². The third-order valence-corrected chi connectivity index (χ3v) is 0. The Morgan fingerprint density at radius 3 is 0.778 bits per heavy atom. The first-order valence-electron chi connectivity index (χ1n) is 0.816. The van der Waals surface area contributed by atoms with Crippen LogP contribution in [0.2, 0.25) is 0 Å². The maximum absolute atomic E-state index is 8.95. The van der Waals surface area contributed by atoms with Crippen molar-refractivity contribution in [2.75, 3.05) is 0 Å². The quantitative estimate of drug-likeness (QED) is 0.245. The molecule has 0 amide bonds. The van der Waals surface area contributed by atoms with Gasteiger partial charge in [-0.05, 0) is 0 Å². The summed E-state index contributed by atoms with van der Waals surface area (Å²) in [6.45, 7) is 0. The second-order valence-electron chi connectivity index (χ2n) is 0.500.